The van der Waals surface area contributed by atoms with E-state index in [4.69, 9.17) is 12.3 Å². The van der Waals surface area contributed by atoms with E-state index in [0.29, 0.717) is 0 Å². The molecule has 2 atom stereocenters. The highest BCUT2D eigenvalue weighted by Gasteiger charge is 2.38. The van der Waals surface area contributed by atoms with Crippen LogP contribution in [0.25, 0.3) is 0 Å². The van der Waals surface area contributed by atoms with Crippen LogP contribution in [0, 0.1) is 12.3 Å². The molecule has 0 aromatic carbocycles. The highest BCUT2D eigenvalue weighted by atomic mass is 15.3. The SMILES string of the molecule is C#CCCC(NN)C(C)(CC)N1CCCC1. The van der Waals surface area contributed by atoms with E-state index < -0.39 is 0 Å². The molecule has 0 aliphatic carbocycles. The first-order valence-electron chi connectivity index (χ1n) is 6.33. The molecule has 0 spiro atoms. The molecule has 0 radical (unpaired) electrons. The first-order valence-corrected chi connectivity index (χ1v) is 6.33. The quantitative estimate of drug-likeness (QED) is 0.407. The van der Waals surface area contributed by atoms with E-state index in [1.165, 1.54) is 25.9 Å². The normalized spacial score (nSPS) is 22.6. The Morgan fingerprint density at radius 1 is 1.50 bits per heavy atom. The van der Waals surface area contributed by atoms with Gasteiger partial charge in [0.1, 0.15) is 0 Å². The van der Waals surface area contributed by atoms with Gasteiger partial charge < -0.3 is 0 Å². The first kappa shape index (κ1) is 13.5. The molecule has 16 heavy (non-hydrogen) atoms. The zero-order chi connectivity index (χ0) is 12.0. The summed E-state index contributed by atoms with van der Waals surface area (Å²) in [6.07, 6.45) is 10.8. The van der Waals surface area contributed by atoms with Gasteiger partial charge in [-0.15, -0.1) is 12.3 Å². The fourth-order valence-corrected chi connectivity index (χ4v) is 2.72. The number of hydrazine groups is 1. The maximum absolute atomic E-state index is 5.70. The summed E-state index contributed by atoms with van der Waals surface area (Å²) < 4.78 is 0. The number of nitrogens with two attached hydrogens (primary N) is 1. The summed E-state index contributed by atoms with van der Waals surface area (Å²) >= 11 is 0. The molecule has 0 amide bonds. The van der Waals surface area contributed by atoms with Crippen molar-refractivity contribution < 1.29 is 0 Å². The fraction of sp³-hybridized carbons (Fsp3) is 0.846. The van der Waals surface area contributed by atoms with Gasteiger partial charge in [-0.3, -0.25) is 16.2 Å². The second-order valence-corrected chi connectivity index (χ2v) is 4.87. The molecule has 1 saturated heterocycles. The number of hydrogen-bond acceptors (Lipinski definition) is 3. The highest BCUT2D eigenvalue weighted by Crippen LogP contribution is 2.29. The van der Waals surface area contributed by atoms with Gasteiger partial charge in [0.2, 0.25) is 0 Å². The van der Waals surface area contributed by atoms with Gasteiger partial charge in [-0.05, 0) is 45.7 Å². The van der Waals surface area contributed by atoms with Crippen LogP contribution >= 0.6 is 0 Å². The standard InChI is InChI=1S/C13H25N3/c1-4-6-9-12(15-14)13(3,5-2)16-10-7-8-11-16/h1,12,15H,5-11,14H2,2-3H3. The van der Waals surface area contributed by atoms with Gasteiger partial charge >= 0.3 is 0 Å². The van der Waals surface area contributed by atoms with Gasteiger partial charge in [0.25, 0.3) is 0 Å². The van der Waals surface area contributed by atoms with Crippen molar-refractivity contribution in [3.8, 4) is 12.3 Å². The molecular weight excluding hydrogens is 198 g/mol. The second-order valence-electron chi connectivity index (χ2n) is 4.87. The Bertz CT molecular complexity index is 240. The summed E-state index contributed by atoms with van der Waals surface area (Å²) in [5, 5.41) is 0. The van der Waals surface area contributed by atoms with Crippen LogP contribution in [0.2, 0.25) is 0 Å². The van der Waals surface area contributed by atoms with E-state index in [-0.39, 0.29) is 11.6 Å². The van der Waals surface area contributed by atoms with Crippen molar-refractivity contribution in [1.29, 1.82) is 0 Å². The van der Waals surface area contributed by atoms with E-state index in [9.17, 15) is 0 Å². The number of likely N-dealkylation sites (tertiary alicyclic amines) is 1. The monoisotopic (exact) mass is 223 g/mol. The Morgan fingerprint density at radius 3 is 2.56 bits per heavy atom. The zero-order valence-electron chi connectivity index (χ0n) is 10.6. The van der Waals surface area contributed by atoms with Crippen molar-refractivity contribution in [3.05, 3.63) is 0 Å². The van der Waals surface area contributed by atoms with Crippen LogP contribution in [0.1, 0.15) is 46.0 Å². The third-order valence-corrected chi connectivity index (χ3v) is 4.07. The van der Waals surface area contributed by atoms with Crippen molar-refractivity contribution >= 4 is 0 Å². The molecule has 1 aliphatic heterocycles. The Hall–Kier alpha value is -0.560. The summed E-state index contributed by atoms with van der Waals surface area (Å²) in [6, 6.07) is 0.284. The Morgan fingerprint density at radius 2 is 2.12 bits per heavy atom. The summed E-state index contributed by atoms with van der Waals surface area (Å²) in [4.78, 5) is 2.56. The Labute approximate surface area is 99.7 Å². The molecule has 3 nitrogen and oxygen atoms in total. The molecule has 92 valence electrons. The number of nitrogens with zero attached hydrogens (tertiary/aromatic N) is 1. The molecule has 0 saturated carbocycles. The van der Waals surface area contributed by atoms with Gasteiger partial charge in [0.05, 0.1) is 0 Å². The number of rotatable bonds is 6. The van der Waals surface area contributed by atoms with Crippen molar-refractivity contribution in [2.45, 2.75) is 57.5 Å². The molecule has 0 bridgehead atoms. The number of nitrogens with one attached hydrogen (secondary N) is 1. The van der Waals surface area contributed by atoms with Gasteiger partial charge in [-0.2, -0.15) is 0 Å². The van der Waals surface area contributed by atoms with E-state index in [0.717, 1.165) is 19.3 Å². The molecular formula is C13H25N3. The van der Waals surface area contributed by atoms with E-state index >= 15 is 0 Å². The first-order chi connectivity index (χ1) is 7.69. The molecule has 1 fully saturated rings. The molecule has 0 aromatic heterocycles. The molecule has 1 rings (SSSR count). The maximum Gasteiger partial charge on any atom is 0.0401 e. The topological polar surface area (TPSA) is 41.3 Å². The molecule has 1 heterocycles. The Kier molecular flexibility index (Phi) is 5.27. The largest absolute Gasteiger partial charge is 0.296 e. The van der Waals surface area contributed by atoms with E-state index in [2.05, 4.69) is 30.1 Å². The summed E-state index contributed by atoms with van der Waals surface area (Å²) in [5.41, 5.74) is 3.11. The number of hydrogen-bond donors (Lipinski definition) is 2. The third-order valence-electron chi connectivity index (χ3n) is 4.07. The summed E-state index contributed by atoms with van der Waals surface area (Å²) in [5.74, 6) is 8.40. The van der Waals surface area contributed by atoms with Gasteiger partial charge in [0, 0.05) is 18.0 Å². The predicted octanol–water partition coefficient (Wildman–Crippen LogP) is 1.50. The summed E-state index contributed by atoms with van der Waals surface area (Å²) in [6.45, 7) is 6.93. The minimum Gasteiger partial charge on any atom is -0.296 e. The smallest absolute Gasteiger partial charge is 0.0401 e. The molecule has 3 heteroatoms. The second kappa shape index (κ2) is 6.24. The van der Waals surface area contributed by atoms with Crippen LogP contribution in [0.5, 0.6) is 0 Å². The van der Waals surface area contributed by atoms with Crippen molar-refractivity contribution in [2.24, 2.45) is 5.84 Å². The minimum atomic E-state index is 0.141. The molecule has 2 unspecified atom stereocenters. The van der Waals surface area contributed by atoms with Crippen molar-refractivity contribution in [1.82, 2.24) is 10.3 Å². The van der Waals surface area contributed by atoms with E-state index in [1.54, 1.807) is 0 Å². The average Bonchev–Trinajstić information content (AvgIpc) is 2.83. The lowest BCUT2D eigenvalue weighted by Crippen LogP contribution is -2.60. The van der Waals surface area contributed by atoms with Crippen molar-refractivity contribution in [3.63, 3.8) is 0 Å². The van der Waals surface area contributed by atoms with Crippen LogP contribution in [-0.2, 0) is 0 Å². The van der Waals surface area contributed by atoms with Crippen LogP contribution in [0.4, 0.5) is 0 Å². The molecule has 0 aromatic rings. The van der Waals surface area contributed by atoms with Crippen LogP contribution in [0.15, 0.2) is 0 Å². The molecule has 3 N–H and O–H groups in total. The average molecular weight is 223 g/mol. The lowest BCUT2D eigenvalue weighted by Gasteiger charge is -2.44. The van der Waals surface area contributed by atoms with Crippen molar-refractivity contribution in [2.75, 3.05) is 13.1 Å². The van der Waals surface area contributed by atoms with Gasteiger partial charge in [0.15, 0.2) is 0 Å². The lowest BCUT2D eigenvalue weighted by molar-refractivity contribution is 0.0810. The predicted molar refractivity (Wildman–Crippen MR) is 68.7 cm³/mol. The van der Waals surface area contributed by atoms with Gasteiger partial charge in [-0.1, -0.05) is 6.92 Å². The van der Waals surface area contributed by atoms with Crippen LogP contribution < -0.4 is 11.3 Å². The number of terminal acetylenes is 1. The maximum atomic E-state index is 5.70. The fourth-order valence-electron chi connectivity index (χ4n) is 2.72. The minimum absolute atomic E-state index is 0.141. The third kappa shape index (κ3) is 2.76. The van der Waals surface area contributed by atoms with Crippen LogP contribution in [-0.4, -0.2) is 29.6 Å². The zero-order valence-corrected chi connectivity index (χ0v) is 10.6. The van der Waals surface area contributed by atoms with Gasteiger partial charge in [-0.25, -0.2) is 0 Å². The summed E-state index contributed by atoms with van der Waals surface area (Å²) in [7, 11) is 0. The Balaban J connectivity index is 2.70. The van der Waals surface area contributed by atoms with Crippen LogP contribution in [0.3, 0.4) is 0 Å². The molecule has 1 aliphatic rings. The lowest BCUT2D eigenvalue weighted by atomic mass is 9.85. The highest BCUT2D eigenvalue weighted by molar-refractivity contribution is 4.99. The van der Waals surface area contributed by atoms with E-state index in [1.807, 2.05) is 0 Å².